The first-order valence-corrected chi connectivity index (χ1v) is 14.4. The summed E-state index contributed by atoms with van der Waals surface area (Å²) in [6.45, 7) is 6.89. The molecule has 230 valence electrons. The monoisotopic (exact) mass is 587 g/mol. The number of carbonyl (C=O) groups is 3. The summed E-state index contributed by atoms with van der Waals surface area (Å²) in [5.74, 6) is -1.24. The summed E-state index contributed by atoms with van der Waals surface area (Å²) in [6.07, 6.45) is 1.83. The summed E-state index contributed by atoms with van der Waals surface area (Å²) in [5, 5.41) is 21.8. The fourth-order valence-electron chi connectivity index (χ4n) is 4.69. The molecule has 2 fully saturated rings. The zero-order chi connectivity index (χ0) is 31.1. The maximum Gasteiger partial charge on any atom is 0.323 e. The largest absolute Gasteiger partial charge is 0.463 e. The Morgan fingerprint density at radius 1 is 1.36 bits per heavy atom. The van der Waals surface area contributed by atoms with Gasteiger partial charge in [0.25, 0.3) is 5.84 Å². The van der Waals surface area contributed by atoms with Crippen molar-refractivity contribution in [2.24, 2.45) is 27.8 Å². The lowest BCUT2D eigenvalue weighted by Crippen LogP contribution is -2.75. The van der Waals surface area contributed by atoms with E-state index in [0.717, 1.165) is 32.0 Å². The number of nitrogens with two attached hydrogens (primary N) is 2. The highest BCUT2D eigenvalue weighted by atomic mass is 16.6. The van der Waals surface area contributed by atoms with Gasteiger partial charge in [0.05, 0.1) is 5.69 Å². The van der Waals surface area contributed by atoms with Crippen molar-refractivity contribution in [3.05, 3.63) is 23.5 Å². The highest BCUT2D eigenvalue weighted by Crippen LogP contribution is 2.41. The Bertz CT molecular complexity index is 1230. The summed E-state index contributed by atoms with van der Waals surface area (Å²) in [5.41, 5.74) is 9.31. The van der Waals surface area contributed by atoms with Crippen molar-refractivity contribution in [3.63, 3.8) is 0 Å². The number of aliphatic hydroxyl groups excluding tert-OH is 1. The topological polar surface area (TPSA) is 217 Å². The maximum atomic E-state index is 13.0. The van der Waals surface area contributed by atoms with Gasteiger partial charge < -0.3 is 35.8 Å². The Kier molecular flexibility index (Phi) is 11.0. The first-order valence-electron chi connectivity index (χ1n) is 14.4. The number of hydrogen-bond donors (Lipinski definition) is 5. The number of nitrogens with one attached hydrogen (secondary N) is 2. The molecule has 1 saturated heterocycles. The number of aromatic nitrogens is 1. The Balaban J connectivity index is 1.91. The van der Waals surface area contributed by atoms with Crippen LogP contribution in [-0.2, 0) is 34.2 Å². The molecule has 7 N–H and O–H groups in total. The number of esters is 2. The predicted octanol–water partition coefficient (Wildman–Crippen LogP) is 0.0429. The summed E-state index contributed by atoms with van der Waals surface area (Å²) >= 11 is 0. The quantitative estimate of drug-likeness (QED) is 0.133. The van der Waals surface area contributed by atoms with Crippen LogP contribution in [0.15, 0.2) is 17.1 Å². The molecule has 3 rings (SSSR count). The molecule has 5 atom stereocenters. The van der Waals surface area contributed by atoms with E-state index in [-0.39, 0.29) is 42.8 Å². The van der Waals surface area contributed by atoms with Gasteiger partial charge in [0.15, 0.2) is 12.4 Å². The normalized spacial score (nSPS) is 25.5. The van der Waals surface area contributed by atoms with Crippen LogP contribution in [0.4, 0.5) is 0 Å². The molecular weight excluding hydrogens is 544 g/mol. The highest BCUT2D eigenvalue weighted by Gasteiger charge is 2.59. The fourth-order valence-corrected chi connectivity index (χ4v) is 4.69. The molecular formula is C29H43N6O7+. The Morgan fingerprint density at radius 2 is 2.07 bits per heavy atom. The summed E-state index contributed by atoms with van der Waals surface area (Å²) < 4.78 is 17.1. The number of aromatic amines is 1. The van der Waals surface area contributed by atoms with Gasteiger partial charge in [-0.2, -0.15) is 5.26 Å². The summed E-state index contributed by atoms with van der Waals surface area (Å²) in [6, 6.07) is 3.98. The van der Waals surface area contributed by atoms with E-state index in [2.05, 4.69) is 15.0 Å². The van der Waals surface area contributed by atoms with Crippen molar-refractivity contribution in [1.29, 1.82) is 5.26 Å². The number of amides is 1. The number of aliphatic imine (C=N–C) groups is 1. The molecule has 0 aromatic carbocycles. The fraction of sp³-hybridized carbons (Fsp3) is 0.655. The van der Waals surface area contributed by atoms with E-state index in [1.165, 1.54) is 12.1 Å². The number of hydrogen-bond acceptors (Lipinski definition) is 9. The van der Waals surface area contributed by atoms with Crippen molar-refractivity contribution in [2.45, 2.75) is 103 Å². The molecule has 2 heterocycles. The van der Waals surface area contributed by atoms with E-state index < -0.39 is 47.3 Å². The molecule has 1 aromatic rings. The molecule has 1 amide bonds. The lowest BCUT2D eigenvalue weighted by molar-refractivity contribution is -0.309. The van der Waals surface area contributed by atoms with Gasteiger partial charge in [-0.1, -0.05) is 45.5 Å². The minimum absolute atomic E-state index is 0.101. The average molecular weight is 588 g/mol. The molecule has 2 aliphatic rings. The van der Waals surface area contributed by atoms with Crippen LogP contribution < -0.4 is 16.5 Å². The van der Waals surface area contributed by atoms with Crippen molar-refractivity contribution >= 4 is 30.0 Å². The Morgan fingerprint density at radius 3 is 2.64 bits per heavy atom. The highest BCUT2D eigenvalue weighted by molar-refractivity contribution is 5.99. The third kappa shape index (κ3) is 7.61. The number of carbonyl (C=O) groups excluding carboxylic acids is 3. The molecule has 42 heavy (non-hydrogen) atoms. The number of aliphatic hydroxyl groups is 1. The van der Waals surface area contributed by atoms with Crippen LogP contribution in [0.3, 0.4) is 0 Å². The van der Waals surface area contributed by atoms with Crippen LogP contribution >= 0.6 is 0 Å². The van der Waals surface area contributed by atoms with E-state index in [9.17, 15) is 24.8 Å². The molecule has 0 radical (unpaired) electrons. The van der Waals surface area contributed by atoms with Gasteiger partial charge in [0, 0.05) is 12.8 Å². The van der Waals surface area contributed by atoms with Crippen LogP contribution in [0.2, 0.25) is 0 Å². The van der Waals surface area contributed by atoms with Crippen LogP contribution in [-0.4, -0.2) is 71.1 Å². The molecule has 13 nitrogen and oxygen atoms in total. The molecule has 13 heteroatoms. The number of H-pyrrole nitrogens is 1. The molecule has 0 spiro atoms. The second kappa shape index (κ2) is 14.0. The number of amidine groups is 1. The number of unbranched alkanes of at least 4 members (excludes halogenated alkanes) is 1. The minimum atomic E-state index is -2.05. The van der Waals surface area contributed by atoms with Gasteiger partial charge in [-0.25, -0.2) is 4.99 Å². The lowest BCUT2D eigenvalue weighted by Gasteiger charge is -2.29. The van der Waals surface area contributed by atoms with Crippen molar-refractivity contribution in [3.8, 4) is 6.07 Å². The van der Waals surface area contributed by atoms with Crippen molar-refractivity contribution < 1.29 is 38.7 Å². The van der Waals surface area contributed by atoms with Gasteiger partial charge >= 0.3 is 17.8 Å². The molecule has 1 saturated carbocycles. The Labute approximate surface area is 245 Å². The lowest BCUT2D eigenvalue weighted by atomic mass is 9.83. The van der Waals surface area contributed by atoms with Crippen LogP contribution in [0, 0.1) is 22.7 Å². The Hall–Kier alpha value is -3.60. The standard InChI is InChI=1S/C29H42N6O7/c1-5-6-10-21(36)35-26(33-16-31)18-11-12-20(34-18)29(15-30)25(38)23(41-27(39)24(32)28(2,3)4)19(42-29)14-40-22(37)13-17-8-7-9-17/h11-12,16-17,19,23-25,34,38H,5-10,13-14,32H2,1-4H3,(H2,31,33,35,36)/p+1/t19-,23-,24-,25-,29+/m1/s1. The molecule has 1 aliphatic carbocycles. The van der Waals surface area contributed by atoms with Gasteiger partial charge in [-0.3, -0.25) is 14.4 Å². The first kappa shape index (κ1) is 32.9. The molecule has 1 aromatic heterocycles. The van der Waals surface area contributed by atoms with Gasteiger partial charge in [-0.05, 0) is 42.7 Å². The third-order valence-corrected chi connectivity index (χ3v) is 7.67. The second-order valence-corrected chi connectivity index (χ2v) is 11.9. The van der Waals surface area contributed by atoms with Crippen LogP contribution in [0.5, 0.6) is 0 Å². The number of nitrogens with zero attached hydrogens (tertiary/aromatic N) is 2. The number of nitriles is 1. The SMILES string of the molecule is CCCCC(=O)N=C([NH+]=CN)c1ccc([C@]2(C#N)O[C@H](COC(=O)CC3CCC3)[C@@H](OC(=O)[C@@H](N)C(C)(C)C)[C@H]2O)[nH]1. The average Bonchev–Trinajstić information content (AvgIpc) is 3.51. The van der Waals surface area contributed by atoms with Gasteiger partial charge in [0.1, 0.15) is 36.6 Å². The zero-order valence-corrected chi connectivity index (χ0v) is 24.7. The van der Waals surface area contributed by atoms with Crippen molar-refractivity contribution in [2.75, 3.05) is 6.61 Å². The smallest absolute Gasteiger partial charge is 0.323 e. The third-order valence-electron chi connectivity index (χ3n) is 7.67. The van der Waals surface area contributed by atoms with E-state index in [1.807, 2.05) is 13.0 Å². The number of ether oxygens (including phenoxy) is 3. The van der Waals surface area contributed by atoms with E-state index >= 15 is 0 Å². The zero-order valence-electron chi connectivity index (χ0n) is 24.7. The van der Waals surface area contributed by atoms with Crippen LogP contribution in [0.1, 0.15) is 84.0 Å². The minimum Gasteiger partial charge on any atom is -0.463 e. The first-order chi connectivity index (χ1) is 19.9. The predicted molar refractivity (Wildman–Crippen MR) is 151 cm³/mol. The summed E-state index contributed by atoms with van der Waals surface area (Å²) in [4.78, 5) is 47.5. The molecule has 0 bridgehead atoms. The van der Waals surface area contributed by atoms with Gasteiger partial charge in [-0.15, -0.1) is 0 Å². The summed E-state index contributed by atoms with van der Waals surface area (Å²) in [7, 11) is 0. The second-order valence-electron chi connectivity index (χ2n) is 11.9. The van der Waals surface area contributed by atoms with Crippen molar-refractivity contribution in [1.82, 2.24) is 4.98 Å². The molecule has 1 aliphatic heterocycles. The molecule has 0 unspecified atom stereocenters. The van der Waals surface area contributed by atoms with E-state index in [4.69, 9.17) is 25.7 Å². The van der Waals surface area contributed by atoms with E-state index in [0.29, 0.717) is 12.1 Å². The maximum absolute atomic E-state index is 13.0. The van der Waals surface area contributed by atoms with Gasteiger partial charge in [0.2, 0.25) is 5.60 Å². The van der Waals surface area contributed by atoms with Crippen LogP contribution in [0.25, 0.3) is 0 Å². The number of rotatable bonds is 11. The van der Waals surface area contributed by atoms with E-state index in [1.54, 1.807) is 20.8 Å².